The van der Waals surface area contributed by atoms with Crippen molar-refractivity contribution in [2.45, 2.75) is 88.9 Å². The minimum atomic E-state index is -0.293. The SMILES string of the molecule is CCC12CCC(c3ccc(B4OC(C)(C)C(C)(C)O4)cc3)(CC1)CO2. The number of rotatable bonds is 3. The maximum absolute atomic E-state index is 6.31. The summed E-state index contributed by atoms with van der Waals surface area (Å²) in [6, 6.07) is 8.91. The van der Waals surface area contributed by atoms with Crippen LogP contribution in [-0.4, -0.2) is 30.5 Å². The summed E-state index contributed by atoms with van der Waals surface area (Å²) in [6.07, 6.45) is 6.03. The van der Waals surface area contributed by atoms with Crippen LogP contribution in [0, 0.1) is 0 Å². The molecule has 0 radical (unpaired) electrons. The fourth-order valence-electron chi connectivity index (χ4n) is 4.56. The van der Waals surface area contributed by atoms with Crippen LogP contribution in [0.3, 0.4) is 0 Å². The van der Waals surface area contributed by atoms with Gasteiger partial charge in [-0.3, -0.25) is 0 Å². The van der Waals surface area contributed by atoms with E-state index in [0.29, 0.717) is 0 Å². The zero-order valence-electron chi connectivity index (χ0n) is 16.4. The molecule has 1 aliphatic carbocycles. The van der Waals surface area contributed by atoms with Gasteiger partial charge in [0.15, 0.2) is 0 Å². The van der Waals surface area contributed by atoms with E-state index >= 15 is 0 Å². The van der Waals surface area contributed by atoms with E-state index in [1.807, 2.05) is 0 Å². The lowest BCUT2D eigenvalue weighted by Crippen LogP contribution is -2.53. The molecule has 136 valence electrons. The van der Waals surface area contributed by atoms with Crippen molar-refractivity contribution in [1.29, 1.82) is 0 Å². The molecule has 5 rings (SSSR count). The lowest BCUT2D eigenvalue weighted by atomic mass is 9.62. The van der Waals surface area contributed by atoms with Gasteiger partial charge in [-0.05, 0) is 70.8 Å². The van der Waals surface area contributed by atoms with E-state index in [1.54, 1.807) is 0 Å². The Labute approximate surface area is 152 Å². The number of benzene rings is 1. The van der Waals surface area contributed by atoms with Gasteiger partial charge in [0.1, 0.15) is 0 Å². The van der Waals surface area contributed by atoms with Crippen molar-refractivity contribution in [3.8, 4) is 0 Å². The molecule has 3 saturated heterocycles. The van der Waals surface area contributed by atoms with Crippen molar-refractivity contribution in [3.63, 3.8) is 0 Å². The summed E-state index contributed by atoms with van der Waals surface area (Å²) in [5.74, 6) is 0. The van der Waals surface area contributed by atoms with Crippen LogP contribution in [0.25, 0.3) is 0 Å². The summed E-state index contributed by atoms with van der Waals surface area (Å²) in [4.78, 5) is 0. The van der Waals surface area contributed by atoms with Crippen molar-refractivity contribution < 1.29 is 14.0 Å². The lowest BCUT2D eigenvalue weighted by Gasteiger charge is -2.53. The largest absolute Gasteiger partial charge is 0.494 e. The molecule has 1 aromatic rings. The molecule has 2 bridgehead atoms. The number of hydrogen-bond donors (Lipinski definition) is 0. The van der Waals surface area contributed by atoms with Gasteiger partial charge in [-0.1, -0.05) is 31.2 Å². The zero-order valence-corrected chi connectivity index (χ0v) is 16.4. The van der Waals surface area contributed by atoms with Crippen molar-refractivity contribution in [2.24, 2.45) is 0 Å². The smallest absolute Gasteiger partial charge is 0.399 e. The second-order valence-corrected chi connectivity index (χ2v) is 9.32. The van der Waals surface area contributed by atoms with Crippen molar-refractivity contribution in [1.82, 2.24) is 0 Å². The van der Waals surface area contributed by atoms with E-state index in [2.05, 4.69) is 58.9 Å². The summed E-state index contributed by atoms with van der Waals surface area (Å²) in [5.41, 5.74) is 2.32. The molecule has 0 atom stereocenters. The normalized spacial score (nSPS) is 36.0. The maximum atomic E-state index is 6.31. The lowest BCUT2D eigenvalue weighted by molar-refractivity contribution is -0.158. The Bertz CT molecular complexity index is 609. The first-order chi connectivity index (χ1) is 11.7. The molecule has 0 unspecified atom stereocenters. The van der Waals surface area contributed by atoms with Crippen molar-refractivity contribution >= 4 is 12.6 Å². The van der Waals surface area contributed by atoms with E-state index in [4.69, 9.17) is 14.0 Å². The highest BCUT2D eigenvalue weighted by molar-refractivity contribution is 6.62. The molecule has 3 nitrogen and oxygen atoms in total. The predicted molar refractivity (Wildman–Crippen MR) is 101 cm³/mol. The van der Waals surface area contributed by atoms with Crippen LogP contribution < -0.4 is 5.46 Å². The highest BCUT2D eigenvalue weighted by Gasteiger charge is 2.52. The molecule has 4 heteroatoms. The molecule has 3 heterocycles. The first-order valence-corrected chi connectivity index (χ1v) is 9.81. The molecular weight excluding hydrogens is 311 g/mol. The van der Waals surface area contributed by atoms with Gasteiger partial charge in [-0.15, -0.1) is 0 Å². The van der Waals surface area contributed by atoms with Gasteiger partial charge in [-0.2, -0.15) is 0 Å². The van der Waals surface area contributed by atoms with Gasteiger partial charge in [0.05, 0.1) is 23.4 Å². The fraction of sp³-hybridized carbons (Fsp3) is 0.714. The number of fused-ring (bicyclic) bond motifs is 3. The Balaban J connectivity index is 1.52. The van der Waals surface area contributed by atoms with E-state index in [1.165, 1.54) is 31.2 Å². The van der Waals surface area contributed by atoms with E-state index < -0.39 is 0 Å². The molecule has 0 amide bonds. The molecule has 0 spiro atoms. The Kier molecular flexibility index (Phi) is 3.92. The average Bonchev–Trinajstić information content (AvgIpc) is 2.84. The van der Waals surface area contributed by atoms with Crippen molar-refractivity contribution in [3.05, 3.63) is 29.8 Å². The van der Waals surface area contributed by atoms with Gasteiger partial charge in [0.25, 0.3) is 0 Å². The first-order valence-electron chi connectivity index (χ1n) is 9.81. The molecule has 4 aliphatic rings. The number of ether oxygens (including phenoxy) is 1. The van der Waals surface area contributed by atoms with Crippen LogP contribution in [0.5, 0.6) is 0 Å². The zero-order chi connectivity index (χ0) is 17.9. The van der Waals surface area contributed by atoms with E-state index in [9.17, 15) is 0 Å². The molecule has 1 aromatic carbocycles. The Morgan fingerprint density at radius 2 is 1.44 bits per heavy atom. The molecule has 3 aliphatic heterocycles. The standard InChI is InChI=1S/C21H31BO3/c1-6-21-13-11-20(12-14-21,15-23-21)16-7-9-17(10-8-16)22-24-18(2,3)19(4,5)25-22/h7-10H,6,11-15H2,1-5H3. The van der Waals surface area contributed by atoms with Crippen LogP contribution in [-0.2, 0) is 19.5 Å². The second-order valence-electron chi connectivity index (χ2n) is 9.32. The molecule has 0 aromatic heterocycles. The second kappa shape index (κ2) is 5.58. The summed E-state index contributed by atoms with van der Waals surface area (Å²) >= 11 is 0. The van der Waals surface area contributed by atoms with Crippen LogP contribution in [0.1, 0.15) is 72.3 Å². The van der Waals surface area contributed by atoms with Crippen LogP contribution in [0.2, 0.25) is 0 Å². The fourth-order valence-corrected chi connectivity index (χ4v) is 4.56. The van der Waals surface area contributed by atoms with Gasteiger partial charge in [-0.25, -0.2) is 0 Å². The van der Waals surface area contributed by atoms with Gasteiger partial charge < -0.3 is 14.0 Å². The molecule has 0 N–H and O–H groups in total. The average molecular weight is 342 g/mol. The summed E-state index contributed by atoms with van der Waals surface area (Å²) in [7, 11) is -0.279. The van der Waals surface area contributed by atoms with Crippen molar-refractivity contribution in [2.75, 3.05) is 6.61 Å². The van der Waals surface area contributed by atoms with Gasteiger partial charge >= 0.3 is 7.12 Å². The highest BCUT2D eigenvalue weighted by Crippen LogP contribution is 2.51. The summed E-state index contributed by atoms with van der Waals surface area (Å²) in [5, 5.41) is 0. The summed E-state index contributed by atoms with van der Waals surface area (Å²) < 4.78 is 18.7. The van der Waals surface area contributed by atoms with E-state index in [-0.39, 0.29) is 29.3 Å². The Morgan fingerprint density at radius 3 is 1.88 bits per heavy atom. The topological polar surface area (TPSA) is 27.7 Å². The van der Waals surface area contributed by atoms with Gasteiger partial charge in [0.2, 0.25) is 0 Å². The monoisotopic (exact) mass is 342 g/mol. The third kappa shape index (κ3) is 2.69. The Morgan fingerprint density at radius 1 is 0.880 bits per heavy atom. The maximum Gasteiger partial charge on any atom is 0.494 e. The van der Waals surface area contributed by atoms with Crippen LogP contribution in [0.4, 0.5) is 0 Å². The Hall–Kier alpha value is -0.835. The minimum absolute atomic E-state index is 0.171. The number of hydrogen-bond acceptors (Lipinski definition) is 3. The van der Waals surface area contributed by atoms with E-state index in [0.717, 1.165) is 18.5 Å². The minimum Gasteiger partial charge on any atom is -0.399 e. The molecule has 4 fully saturated rings. The third-order valence-corrected chi connectivity index (χ3v) is 7.47. The highest BCUT2D eigenvalue weighted by atomic mass is 16.7. The predicted octanol–water partition coefficient (Wildman–Crippen LogP) is 3.98. The molecule has 25 heavy (non-hydrogen) atoms. The third-order valence-electron chi connectivity index (χ3n) is 7.47. The van der Waals surface area contributed by atoms with Crippen LogP contribution >= 0.6 is 0 Å². The van der Waals surface area contributed by atoms with Crippen LogP contribution in [0.15, 0.2) is 24.3 Å². The molecular formula is C21H31BO3. The summed E-state index contributed by atoms with van der Waals surface area (Å²) in [6.45, 7) is 11.5. The van der Waals surface area contributed by atoms with Gasteiger partial charge in [0, 0.05) is 5.41 Å². The molecule has 1 saturated carbocycles. The first kappa shape index (κ1) is 17.6. The quantitative estimate of drug-likeness (QED) is 0.778.